The fraction of sp³-hybridized carbons (Fsp3) is 0. The van der Waals surface area contributed by atoms with E-state index in [2.05, 4.69) is 30.4 Å². The third-order valence-electron chi connectivity index (χ3n) is 1.67. The number of hydrazine groups is 4. The zero-order valence-electron chi connectivity index (χ0n) is 12.4. The molecule has 0 unspecified atom stereocenters. The number of nitrogens with zero attached hydrogens (tertiary/aromatic N) is 10. The summed E-state index contributed by atoms with van der Waals surface area (Å²) in [6, 6.07) is 0. The number of rotatable bonds is 8. The van der Waals surface area contributed by atoms with Crippen LogP contribution in [0.1, 0.15) is 0 Å². The van der Waals surface area contributed by atoms with E-state index in [1.165, 1.54) is 0 Å². The van der Waals surface area contributed by atoms with Crippen molar-refractivity contribution < 1.29 is 20.1 Å². The summed E-state index contributed by atoms with van der Waals surface area (Å²) in [5.41, 5.74) is 6.29. The van der Waals surface area contributed by atoms with Crippen molar-refractivity contribution in [3.8, 4) is 0 Å². The van der Waals surface area contributed by atoms with Crippen LogP contribution in [-0.2, 0) is 0 Å². The van der Waals surface area contributed by atoms with Crippen LogP contribution in [0.25, 0.3) is 0 Å². The van der Waals surface area contributed by atoms with Crippen LogP contribution < -0.4 is 31.7 Å². The molecule has 2 aromatic heterocycles. The number of nitro groups is 4. The molecule has 0 aliphatic heterocycles. The Morgan fingerprint density at radius 2 is 0.741 bits per heavy atom. The molecule has 22 nitrogen and oxygen atoms in total. The Bertz CT molecular complexity index is 673. The van der Waals surface area contributed by atoms with E-state index in [-0.39, 0.29) is 48.9 Å². The average Bonchev–Trinajstić information content (AvgIpc) is 3.07. The molecule has 2 rings (SSSR count). The Kier molecular flexibility index (Phi) is 9.90. The van der Waals surface area contributed by atoms with E-state index in [1.54, 1.807) is 21.7 Å². The molecule has 0 atom stereocenters. The summed E-state index contributed by atoms with van der Waals surface area (Å²) < 4.78 is 0. The van der Waals surface area contributed by atoms with Crippen molar-refractivity contribution in [2.45, 2.75) is 0 Å². The molecule has 0 fully saturated rings. The molecule has 0 bridgehead atoms. The molecule has 0 spiro atoms. The summed E-state index contributed by atoms with van der Waals surface area (Å²) in [5, 5.41) is 48.2. The predicted molar refractivity (Wildman–Crippen MR) is 78.9 cm³/mol. The summed E-state index contributed by atoms with van der Waals surface area (Å²) in [6.45, 7) is 0. The minimum atomic E-state index is -0.910. The first-order valence-electron chi connectivity index (χ1n) is 5.54. The van der Waals surface area contributed by atoms with Gasteiger partial charge >= 0.3 is 48.9 Å². The van der Waals surface area contributed by atoms with Gasteiger partial charge in [0, 0.05) is 0 Å². The Morgan fingerprint density at radius 1 is 0.556 bits per heavy atom. The second-order valence-corrected chi connectivity index (χ2v) is 3.39. The van der Waals surface area contributed by atoms with Gasteiger partial charge in [0.2, 0.25) is 0 Å². The van der Waals surface area contributed by atoms with Crippen LogP contribution in [0, 0.1) is 40.5 Å². The smallest absolute Gasteiger partial charge is 0.273 e. The van der Waals surface area contributed by atoms with E-state index in [0.717, 1.165) is 0 Å². The predicted octanol–water partition coefficient (Wildman–Crippen LogP) is -3.10. The minimum Gasteiger partial charge on any atom is -0.273 e. The van der Waals surface area contributed by atoms with E-state index in [9.17, 15) is 40.5 Å². The van der Waals surface area contributed by atoms with Gasteiger partial charge < -0.3 is 0 Å². The topological polar surface area (TPSA) is 300 Å². The summed E-state index contributed by atoms with van der Waals surface area (Å²) in [7, 11) is 0. The third kappa shape index (κ3) is 10.3. The average molecular weight is 513 g/mol. The molecule has 140 valence electrons. The molecule has 4 N–H and O–H groups in total. The van der Waals surface area contributed by atoms with Gasteiger partial charge in [-0.3, -0.25) is 9.97 Å². The van der Waals surface area contributed by atoms with E-state index in [1.807, 2.05) is 0 Å². The fourth-order valence-electron chi connectivity index (χ4n) is 0.996. The van der Waals surface area contributed by atoms with Gasteiger partial charge in [0.25, 0.3) is 0 Å². The van der Waals surface area contributed by atoms with Gasteiger partial charge in [0.05, 0.1) is 0 Å². The quantitative estimate of drug-likeness (QED) is 0.154. The van der Waals surface area contributed by atoms with Crippen molar-refractivity contribution in [3.63, 3.8) is 0 Å². The third-order valence-corrected chi connectivity index (χ3v) is 1.67. The zero-order chi connectivity index (χ0) is 19.7. The fourth-order valence-corrected chi connectivity index (χ4v) is 0.996. The van der Waals surface area contributed by atoms with Gasteiger partial charge in [-0.2, -0.15) is 0 Å². The SMILES string of the molecule is O=[N+]([O-])Nc1nnc(N[N+](=O)[O-])[n-]1.O=[N+]([O-])Nc1nnc(N[N+](=O)[O-])[n-]1.[Ba+2]. The first kappa shape index (κ1) is 23.7. The molecule has 23 heteroatoms. The number of nitrogens with one attached hydrogen (secondary N) is 4. The van der Waals surface area contributed by atoms with Gasteiger partial charge in [0.1, 0.15) is 20.1 Å². The van der Waals surface area contributed by atoms with Crippen LogP contribution in [-0.4, -0.2) is 89.4 Å². The maximum absolute atomic E-state index is 9.83. The first-order valence-corrected chi connectivity index (χ1v) is 5.54. The van der Waals surface area contributed by atoms with Gasteiger partial charge in [-0.1, -0.05) is 0 Å². The van der Waals surface area contributed by atoms with Crippen molar-refractivity contribution in [2.75, 3.05) is 21.7 Å². The van der Waals surface area contributed by atoms with Gasteiger partial charge in [0.15, 0.2) is 23.8 Å². The van der Waals surface area contributed by atoms with Crippen LogP contribution >= 0.6 is 0 Å². The normalized spacial score (nSPS) is 8.89. The first-order chi connectivity index (χ1) is 12.2. The molecule has 0 radical (unpaired) electrons. The van der Waals surface area contributed by atoms with E-state index in [0.29, 0.717) is 0 Å². The van der Waals surface area contributed by atoms with Crippen LogP contribution in [0.5, 0.6) is 0 Å². The largest absolute Gasteiger partial charge is 2.00 e. The van der Waals surface area contributed by atoms with Crippen molar-refractivity contribution in [3.05, 3.63) is 40.5 Å². The molecule has 2 heterocycles. The molecule has 0 aliphatic carbocycles. The van der Waals surface area contributed by atoms with Crippen molar-refractivity contribution in [1.82, 2.24) is 30.4 Å². The Labute approximate surface area is 184 Å². The van der Waals surface area contributed by atoms with Crippen LogP contribution in [0.4, 0.5) is 23.8 Å². The molecular weight excluding hydrogens is 509 g/mol. The Hall–Kier alpha value is -3.35. The summed E-state index contributed by atoms with van der Waals surface area (Å²) >= 11 is 0. The Morgan fingerprint density at radius 3 is 0.889 bits per heavy atom. The maximum atomic E-state index is 9.83. The van der Waals surface area contributed by atoms with Crippen molar-refractivity contribution in [1.29, 1.82) is 0 Å². The number of anilines is 4. The molecule has 0 aromatic carbocycles. The molecule has 0 aliphatic rings. The standard InChI is InChI=1S/2C2H2N7O4.Ba/c2*10-8(11)6-1-3-2(5-4-1)7-9(12)13;/h2*(H2-,3,4,5,6,7);/q2*-1;+2. The summed E-state index contributed by atoms with van der Waals surface area (Å²) in [6.07, 6.45) is 0. The van der Waals surface area contributed by atoms with Crippen LogP contribution in [0.15, 0.2) is 0 Å². The number of aromatic nitrogens is 6. The maximum Gasteiger partial charge on any atom is 2.00 e. The van der Waals surface area contributed by atoms with Crippen molar-refractivity contribution >= 4 is 72.7 Å². The number of hydrogen-bond donors (Lipinski definition) is 4. The molecular formula is C4H4BaN14O8. The van der Waals surface area contributed by atoms with Gasteiger partial charge in [-0.25, -0.2) is 60.9 Å². The van der Waals surface area contributed by atoms with Gasteiger partial charge in [-0.15, -0.1) is 21.7 Å². The summed E-state index contributed by atoms with van der Waals surface area (Å²) in [5.74, 6) is -1.69. The van der Waals surface area contributed by atoms with Gasteiger partial charge in [-0.05, 0) is 0 Å². The van der Waals surface area contributed by atoms with E-state index >= 15 is 0 Å². The van der Waals surface area contributed by atoms with Crippen LogP contribution in [0.2, 0.25) is 0 Å². The number of hydrogen-bond acceptors (Lipinski definition) is 12. The second-order valence-electron chi connectivity index (χ2n) is 3.39. The molecule has 2 aromatic rings. The molecule has 0 amide bonds. The molecule has 0 saturated heterocycles. The van der Waals surface area contributed by atoms with Crippen LogP contribution in [0.3, 0.4) is 0 Å². The van der Waals surface area contributed by atoms with Crippen molar-refractivity contribution in [2.24, 2.45) is 0 Å². The Balaban J connectivity index is 0.000000483. The monoisotopic (exact) mass is 514 g/mol. The minimum absolute atomic E-state index is 0. The van der Waals surface area contributed by atoms with E-state index < -0.39 is 43.9 Å². The molecule has 0 saturated carbocycles. The second kappa shape index (κ2) is 11.3. The molecule has 27 heavy (non-hydrogen) atoms. The van der Waals surface area contributed by atoms with E-state index in [4.69, 9.17) is 0 Å². The zero-order valence-corrected chi connectivity index (χ0v) is 16.9. The summed E-state index contributed by atoms with van der Waals surface area (Å²) in [4.78, 5) is 45.9.